The molecule has 2 aromatic carbocycles. The molecule has 0 bridgehead atoms. The van der Waals surface area contributed by atoms with E-state index in [1.807, 2.05) is 11.9 Å². The molecule has 1 fully saturated rings. The molecule has 2 aromatic rings. The molecule has 3 rings (SSSR count). The molecule has 7 nitrogen and oxygen atoms in total. The number of hydrogen-bond acceptors (Lipinski definition) is 5. The molecule has 0 aromatic heterocycles. The molecular weight excluding hydrogens is 401 g/mol. The second kappa shape index (κ2) is 8.31. The Morgan fingerprint density at radius 2 is 1.60 bits per heavy atom. The normalized spacial score (nSPS) is 14.7. The molecule has 0 unspecified atom stereocenters. The van der Waals surface area contributed by atoms with Gasteiger partial charge in [0.25, 0.3) is 11.6 Å². The van der Waals surface area contributed by atoms with Crippen LogP contribution in [0.5, 0.6) is 0 Å². The number of nitrogens with one attached hydrogen (secondary N) is 1. The molecule has 30 heavy (non-hydrogen) atoms. The zero-order valence-corrected chi connectivity index (χ0v) is 16.8. The summed E-state index contributed by atoms with van der Waals surface area (Å²) in [6.45, 7) is 4.91. The lowest BCUT2D eigenvalue weighted by Crippen LogP contribution is -2.44. The van der Waals surface area contributed by atoms with Gasteiger partial charge in [0.15, 0.2) is 0 Å². The summed E-state index contributed by atoms with van der Waals surface area (Å²) in [5.74, 6) is -4.82. The van der Waals surface area contributed by atoms with Crippen molar-refractivity contribution in [3.05, 3.63) is 62.5 Å². The molecule has 0 aliphatic carbocycles. The lowest BCUT2D eigenvalue weighted by molar-refractivity contribution is -0.384. The number of anilines is 2. The lowest BCUT2D eigenvalue weighted by Gasteiger charge is -2.35. The Hall–Kier alpha value is -3.14. The minimum atomic E-state index is -1.31. The van der Waals surface area contributed by atoms with Gasteiger partial charge in [-0.3, -0.25) is 14.9 Å². The van der Waals surface area contributed by atoms with E-state index in [4.69, 9.17) is 0 Å². The molecule has 1 amide bonds. The number of halogens is 3. The fourth-order valence-corrected chi connectivity index (χ4v) is 3.39. The van der Waals surface area contributed by atoms with Gasteiger partial charge in [-0.05, 0) is 27.0 Å². The maximum atomic E-state index is 14.5. The summed E-state index contributed by atoms with van der Waals surface area (Å²) in [7, 11) is 1.96. The zero-order valence-electron chi connectivity index (χ0n) is 16.8. The predicted molar refractivity (Wildman–Crippen MR) is 107 cm³/mol. The van der Waals surface area contributed by atoms with Crippen LogP contribution in [0.1, 0.15) is 21.5 Å². The van der Waals surface area contributed by atoms with Gasteiger partial charge in [0.05, 0.1) is 16.3 Å². The van der Waals surface area contributed by atoms with Crippen LogP contribution in [0, 0.1) is 41.4 Å². The van der Waals surface area contributed by atoms with Gasteiger partial charge in [0.1, 0.15) is 23.0 Å². The van der Waals surface area contributed by atoms with Crippen molar-refractivity contribution in [2.75, 3.05) is 43.4 Å². The summed E-state index contributed by atoms with van der Waals surface area (Å²) in [6, 6.07) is 3.94. The smallest absolute Gasteiger partial charge is 0.271 e. The van der Waals surface area contributed by atoms with E-state index < -0.39 is 45.0 Å². The van der Waals surface area contributed by atoms with Crippen molar-refractivity contribution in [2.45, 2.75) is 13.8 Å². The number of hydrogen-bond donors (Lipinski definition) is 1. The highest BCUT2D eigenvalue weighted by atomic mass is 19.1. The second-order valence-corrected chi connectivity index (χ2v) is 7.27. The molecule has 0 spiro atoms. The molecule has 10 heteroatoms. The molecular formula is C20H21F3N4O3. The number of nitro groups is 1. The average molecular weight is 422 g/mol. The summed E-state index contributed by atoms with van der Waals surface area (Å²) in [5.41, 5.74) is -1.61. The van der Waals surface area contributed by atoms with Crippen LogP contribution in [0.15, 0.2) is 18.2 Å². The summed E-state index contributed by atoms with van der Waals surface area (Å²) >= 11 is 0. The number of carbonyl (C=O) groups is 1. The van der Waals surface area contributed by atoms with Gasteiger partial charge in [-0.25, -0.2) is 13.2 Å². The van der Waals surface area contributed by atoms with E-state index in [0.29, 0.717) is 18.8 Å². The van der Waals surface area contributed by atoms with Crippen molar-refractivity contribution in [2.24, 2.45) is 0 Å². The Bertz CT molecular complexity index is 992. The molecule has 1 aliphatic heterocycles. The fourth-order valence-electron chi connectivity index (χ4n) is 3.39. The van der Waals surface area contributed by atoms with Crippen LogP contribution in [0.2, 0.25) is 0 Å². The Morgan fingerprint density at radius 1 is 1.03 bits per heavy atom. The van der Waals surface area contributed by atoms with Crippen LogP contribution in [-0.2, 0) is 0 Å². The summed E-state index contributed by atoms with van der Waals surface area (Å²) in [4.78, 5) is 27.3. The van der Waals surface area contributed by atoms with Gasteiger partial charge in [-0.1, -0.05) is 0 Å². The van der Waals surface area contributed by atoms with Crippen molar-refractivity contribution in [3.63, 3.8) is 0 Å². The highest BCUT2D eigenvalue weighted by Crippen LogP contribution is 2.32. The molecule has 1 aliphatic rings. The standard InChI is InChI=1S/C20H21F3N4O3/c1-11-17(21)12(2)19(23)16(18(11)22)20(28)24-14-10-13(27(29)30)4-5-15(14)26-8-6-25(3)7-9-26/h4-5,10H,6-9H2,1-3H3,(H,24,28). The zero-order chi connectivity index (χ0) is 22.2. The number of carbonyl (C=O) groups excluding carboxylic acids is 1. The maximum absolute atomic E-state index is 14.5. The van der Waals surface area contributed by atoms with E-state index in [9.17, 15) is 28.1 Å². The number of nitro benzene ring substituents is 1. The van der Waals surface area contributed by atoms with Crippen molar-refractivity contribution in [1.82, 2.24) is 4.90 Å². The monoisotopic (exact) mass is 422 g/mol. The van der Waals surface area contributed by atoms with Crippen LogP contribution in [-0.4, -0.2) is 49.0 Å². The number of benzene rings is 2. The summed E-state index contributed by atoms with van der Waals surface area (Å²) in [5, 5.41) is 13.6. The van der Waals surface area contributed by atoms with Gasteiger partial charge < -0.3 is 15.1 Å². The summed E-state index contributed by atoms with van der Waals surface area (Å²) < 4.78 is 42.9. The Balaban J connectivity index is 2.02. The van der Waals surface area contributed by atoms with Crippen molar-refractivity contribution < 1.29 is 22.9 Å². The van der Waals surface area contributed by atoms with Crippen LogP contribution in [0.25, 0.3) is 0 Å². The third-order valence-electron chi connectivity index (χ3n) is 5.27. The minimum Gasteiger partial charge on any atom is -0.367 e. The Kier molecular flexibility index (Phi) is 5.97. The topological polar surface area (TPSA) is 78.7 Å². The molecule has 1 heterocycles. The third kappa shape index (κ3) is 3.95. The van der Waals surface area contributed by atoms with E-state index in [1.165, 1.54) is 12.1 Å². The first-order chi connectivity index (χ1) is 14.1. The number of rotatable bonds is 4. The van der Waals surface area contributed by atoms with Gasteiger partial charge in [-0.2, -0.15) is 0 Å². The van der Waals surface area contributed by atoms with Gasteiger partial charge >= 0.3 is 0 Å². The number of amides is 1. The van der Waals surface area contributed by atoms with Crippen molar-refractivity contribution in [1.29, 1.82) is 0 Å². The average Bonchev–Trinajstić information content (AvgIpc) is 2.71. The first kappa shape index (κ1) is 21.6. The SMILES string of the molecule is Cc1c(F)c(C)c(F)c(C(=O)Nc2cc([N+](=O)[O-])ccc2N2CCN(C)CC2)c1F. The third-order valence-corrected chi connectivity index (χ3v) is 5.27. The molecule has 0 saturated carbocycles. The molecule has 160 valence electrons. The molecule has 1 saturated heterocycles. The maximum Gasteiger partial charge on any atom is 0.271 e. The van der Waals surface area contributed by atoms with E-state index in [1.54, 1.807) is 0 Å². The quantitative estimate of drug-likeness (QED) is 0.601. The lowest BCUT2D eigenvalue weighted by atomic mass is 10.0. The minimum absolute atomic E-state index is 0.0529. The van der Waals surface area contributed by atoms with E-state index in [-0.39, 0.29) is 11.4 Å². The fraction of sp³-hybridized carbons (Fsp3) is 0.350. The number of nitrogens with zero attached hydrogens (tertiary/aromatic N) is 3. The molecule has 0 atom stereocenters. The Labute approximate surface area is 171 Å². The highest BCUT2D eigenvalue weighted by molar-refractivity contribution is 6.06. The van der Waals surface area contributed by atoms with Crippen LogP contribution >= 0.6 is 0 Å². The molecule has 0 radical (unpaired) electrons. The van der Waals surface area contributed by atoms with E-state index >= 15 is 0 Å². The number of likely N-dealkylation sites (N-methyl/N-ethyl adjacent to an activating group) is 1. The Morgan fingerprint density at radius 3 is 2.13 bits per heavy atom. The molecule has 1 N–H and O–H groups in total. The van der Waals surface area contributed by atoms with Crippen molar-refractivity contribution >= 4 is 23.0 Å². The van der Waals surface area contributed by atoms with Gasteiger partial charge in [0, 0.05) is 49.4 Å². The van der Waals surface area contributed by atoms with E-state index in [2.05, 4.69) is 10.2 Å². The number of piperazine rings is 1. The number of non-ortho nitro benzene ring substituents is 1. The van der Waals surface area contributed by atoms with Gasteiger partial charge in [0.2, 0.25) is 0 Å². The van der Waals surface area contributed by atoms with Gasteiger partial charge in [-0.15, -0.1) is 0 Å². The van der Waals surface area contributed by atoms with Crippen LogP contribution < -0.4 is 10.2 Å². The van der Waals surface area contributed by atoms with Crippen LogP contribution in [0.3, 0.4) is 0 Å². The van der Waals surface area contributed by atoms with E-state index in [0.717, 1.165) is 33.0 Å². The first-order valence-electron chi connectivity index (χ1n) is 9.28. The highest BCUT2D eigenvalue weighted by Gasteiger charge is 2.27. The largest absolute Gasteiger partial charge is 0.367 e. The van der Waals surface area contributed by atoms with Crippen molar-refractivity contribution in [3.8, 4) is 0 Å². The van der Waals surface area contributed by atoms with Crippen LogP contribution in [0.4, 0.5) is 30.2 Å². The second-order valence-electron chi connectivity index (χ2n) is 7.27. The first-order valence-corrected chi connectivity index (χ1v) is 9.28. The summed E-state index contributed by atoms with van der Waals surface area (Å²) in [6.07, 6.45) is 0. The predicted octanol–water partition coefficient (Wildman–Crippen LogP) is 3.63.